The minimum atomic E-state index is -0.584. The quantitative estimate of drug-likeness (QED) is 0.280. The van der Waals surface area contributed by atoms with Crippen molar-refractivity contribution in [2.24, 2.45) is 5.73 Å². The highest BCUT2D eigenvalue weighted by atomic mass is 19.1. The van der Waals surface area contributed by atoms with Gasteiger partial charge in [0.15, 0.2) is 6.29 Å². The van der Waals surface area contributed by atoms with E-state index < -0.39 is 12.2 Å². The van der Waals surface area contributed by atoms with Crippen molar-refractivity contribution in [1.82, 2.24) is 9.88 Å². The van der Waals surface area contributed by atoms with Gasteiger partial charge in [-0.2, -0.15) is 4.39 Å². The van der Waals surface area contributed by atoms with Gasteiger partial charge in [0.2, 0.25) is 11.9 Å². The third-order valence-electron chi connectivity index (χ3n) is 5.12. The van der Waals surface area contributed by atoms with Crippen molar-refractivity contribution in [3.8, 4) is 5.75 Å². The molecule has 0 aliphatic rings. The number of hydrogen-bond donors (Lipinski definition) is 1. The van der Waals surface area contributed by atoms with E-state index in [0.29, 0.717) is 36.8 Å². The predicted molar refractivity (Wildman–Crippen MR) is 138 cm³/mol. The van der Waals surface area contributed by atoms with Gasteiger partial charge in [0.25, 0.3) is 0 Å². The minimum Gasteiger partial charge on any atom is -0.489 e. The van der Waals surface area contributed by atoms with E-state index in [2.05, 4.69) is 4.98 Å². The summed E-state index contributed by atoms with van der Waals surface area (Å²) in [5.41, 5.74) is 7.56. The van der Waals surface area contributed by atoms with Crippen LogP contribution >= 0.6 is 0 Å². The van der Waals surface area contributed by atoms with Crippen LogP contribution in [0.5, 0.6) is 5.75 Å². The zero-order valence-electron chi connectivity index (χ0n) is 21.5. The number of aromatic nitrogens is 1. The molecule has 9 heteroatoms. The number of carbonyl (C=O) groups is 1. The van der Waals surface area contributed by atoms with Gasteiger partial charge in [-0.05, 0) is 50.1 Å². The molecule has 0 radical (unpaired) electrons. The normalized spacial score (nSPS) is 10.6. The number of amides is 1. The highest BCUT2D eigenvalue weighted by Gasteiger charge is 2.19. The number of pyridine rings is 1. The Morgan fingerprint density at radius 3 is 2.30 bits per heavy atom. The minimum absolute atomic E-state index is 0.139. The zero-order chi connectivity index (χ0) is 27.0. The third-order valence-corrected chi connectivity index (χ3v) is 5.12. The molecule has 7 nitrogen and oxygen atoms in total. The van der Waals surface area contributed by atoms with E-state index in [1.165, 1.54) is 17.0 Å². The lowest BCUT2D eigenvalue weighted by Crippen LogP contribution is -2.42. The number of hydrogen-bond acceptors (Lipinski definition) is 6. The van der Waals surface area contributed by atoms with Gasteiger partial charge in [0, 0.05) is 19.3 Å². The third kappa shape index (κ3) is 11.0. The van der Waals surface area contributed by atoms with E-state index in [1.807, 2.05) is 44.2 Å². The largest absolute Gasteiger partial charge is 0.489 e. The van der Waals surface area contributed by atoms with Crippen LogP contribution in [0.25, 0.3) is 0 Å². The standard InChI is InChI=1S/C14H22FN3O3.C14H13FO/c1-3-20-14(21-4-2)10-18(13(19)8-16)9-11-6-5-7-12(15)17-11;1-11-7-8-13(9-14(11)15)16-10-12-5-3-2-4-6-12/h5-7,14H,3-4,8-10,16H2,1-2H3;2-9H,10H2,1H3. The summed E-state index contributed by atoms with van der Waals surface area (Å²) in [5.74, 6) is -0.526. The molecule has 0 bridgehead atoms. The van der Waals surface area contributed by atoms with Crippen molar-refractivity contribution in [1.29, 1.82) is 0 Å². The molecule has 0 fully saturated rings. The first-order valence-corrected chi connectivity index (χ1v) is 12.1. The number of ether oxygens (including phenoxy) is 3. The number of aryl methyl sites for hydroxylation is 1. The smallest absolute Gasteiger partial charge is 0.236 e. The summed E-state index contributed by atoms with van der Waals surface area (Å²) < 4.78 is 42.7. The maximum absolute atomic E-state index is 13.2. The average molecular weight is 516 g/mol. The van der Waals surface area contributed by atoms with Crippen LogP contribution in [0.15, 0.2) is 66.7 Å². The Morgan fingerprint density at radius 1 is 1.00 bits per heavy atom. The molecular weight excluding hydrogens is 480 g/mol. The summed E-state index contributed by atoms with van der Waals surface area (Å²) in [6.45, 7) is 7.05. The van der Waals surface area contributed by atoms with Gasteiger partial charge in [-0.1, -0.05) is 42.5 Å². The van der Waals surface area contributed by atoms with Gasteiger partial charge in [-0.15, -0.1) is 0 Å². The lowest BCUT2D eigenvalue weighted by Gasteiger charge is -2.26. The predicted octanol–water partition coefficient (Wildman–Crippen LogP) is 4.62. The number of nitrogens with zero attached hydrogens (tertiary/aromatic N) is 2. The summed E-state index contributed by atoms with van der Waals surface area (Å²) in [5, 5.41) is 0. The van der Waals surface area contributed by atoms with Crippen LogP contribution in [0.4, 0.5) is 8.78 Å². The van der Waals surface area contributed by atoms with E-state index in [1.54, 1.807) is 31.2 Å². The fourth-order valence-corrected chi connectivity index (χ4v) is 3.23. The molecule has 0 unspecified atom stereocenters. The monoisotopic (exact) mass is 515 g/mol. The highest BCUT2D eigenvalue weighted by molar-refractivity contribution is 5.78. The van der Waals surface area contributed by atoms with Crippen molar-refractivity contribution in [3.63, 3.8) is 0 Å². The van der Waals surface area contributed by atoms with E-state index in [9.17, 15) is 13.6 Å². The lowest BCUT2D eigenvalue weighted by molar-refractivity contribution is -0.159. The van der Waals surface area contributed by atoms with Crippen molar-refractivity contribution < 1.29 is 27.8 Å². The van der Waals surface area contributed by atoms with Crippen LogP contribution in [0.2, 0.25) is 0 Å². The number of nitrogens with two attached hydrogens (primary N) is 1. The number of carbonyl (C=O) groups excluding carboxylic acids is 1. The molecule has 3 rings (SSSR count). The fraction of sp³-hybridized carbons (Fsp3) is 0.357. The molecule has 2 N–H and O–H groups in total. The first-order chi connectivity index (χ1) is 17.9. The average Bonchev–Trinajstić information content (AvgIpc) is 2.90. The molecule has 0 aliphatic carbocycles. The number of benzene rings is 2. The lowest BCUT2D eigenvalue weighted by atomic mass is 10.2. The second-order valence-electron chi connectivity index (χ2n) is 7.96. The molecule has 1 aromatic heterocycles. The van der Waals surface area contributed by atoms with E-state index in [-0.39, 0.29) is 31.4 Å². The second kappa shape index (κ2) is 16.4. The van der Waals surface area contributed by atoms with Crippen LogP contribution in [-0.2, 0) is 27.4 Å². The Labute approximate surface area is 217 Å². The van der Waals surface area contributed by atoms with Crippen molar-refractivity contribution in [3.05, 3.63) is 95.3 Å². The Balaban J connectivity index is 0.000000269. The molecule has 37 heavy (non-hydrogen) atoms. The van der Waals surface area contributed by atoms with Crippen LogP contribution in [0, 0.1) is 18.7 Å². The number of halogens is 2. The molecule has 2 aromatic carbocycles. The topological polar surface area (TPSA) is 86.9 Å². The SMILES string of the molecule is CCOC(CN(Cc1cccc(F)n1)C(=O)CN)OCC.Cc1ccc(OCc2ccccc2)cc1F. The number of rotatable bonds is 12. The maximum atomic E-state index is 13.2. The highest BCUT2D eigenvalue weighted by Crippen LogP contribution is 2.17. The van der Waals surface area contributed by atoms with E-state index in [0.717, 1.165) is 5.56 Å². The molecule has 0 atom stereocenters. The Bertz CT molecular complexity index is 1080. The molecule has 0 saturated carbocycles. The van der Waals surface area contributed by atoms with Gasteiger partial charge in [-0.3, -0.25) is 4.79 Å². The van der Waals surface area contributed by atoms with Gasteiger partial charge in [-0.25, -0.2) is 9.37 Å². The van der Waals surface area contributed by atoms with Crippen LogP contribution in [0.1, 0.15) is 30.7 Å². The first-order valence-electron chi connectivity index (χ1n) is 12.1. The van der Waals surface area contributed by atoms with Gasteiger partial charge in [0.1, 0.15) is 18.2 Å². The second-order valence-corrected chi connectivity index (χ2v) is 7.96. The summed E-state index contributed by atoms with van der Waals surface area (Å²) in [4.78, 5) is 17.1. The molecule has 0 saturated heterocycles. The maximum Gasteiger partial charge on any atom is 0.236 e. The molecule has 0 spiro atoms. The van der Waals surface area contributed by atoms with Gasteiger partial charge >= 0.3 is 0 Å². The van der Waals surface area contributed by atoms with E-state index >= 15 is 0 Å². The molecular formula is C28H35F2N3O4. The van der Waals surface area contributed by atoms with Crippen molar-refractivity contribution >= 4 is 5.91 Å². The van der Waals surface area contributed by atoms with Crippen molar-refractivity contribution in [2.45, 2.75) is 40.2 Å². The van der Waals surface area contributed by atoms with Crippen LogP contribution in [0.3, 0.4) is 0 Å². The van der Waals surface area contributed by atoms with Gasteiger partial charge in [0.05, 0.1) is 25.3 Å². The summed E-state index contributed by atoms with van der Waals surface area (Å²) in [7, 11) is 0. The first kappa shape index (κ1) is 29.8. The molecule has 0 aliphatic heterocycles. The molecule has 200 valence electrons. The van der Waals surface area contributed by atoms with E-state index in [4.69, 9.17) is 19.9 Å². The summed E-state index contributed by atoms with van der Waals surface area (Å²) >= 11 is 0. The summed E-state index contributed by atoms with van der Waals surface area (Å²) in [6, 6.07) is 19.2. The molecule has 1 heterocycles. The Kier molecular flexibility index (Phi) is 13.2. The zero-order valence-corrected chi connectivity index (χ0v) is 21.5. The summed E-state index contributed by atoms with van der Waals surface area (Å²) in [6.07, 6.45) is -0.538. The van der Waals surface area contributed by atoms with Gasteiger partial charge < -0.3 is 24.8 Å². The van der Waals surface area contributed by atoms with Crippen molar-refractivity contribution in [2.75, 3.05) is 26.3 Å². The molecule has 1 amide bonds. The fourth-order valence-electron chi connectivity index (χ4n) is 3.23. The Hall–Kier alpha value is -3.40. The van der Waals surface area contributed by atoms with Crippen LogP contribution in [-0.4, -0.2) is 48.4 Å². The van der Waals surface area contributed by atoms with Crippen LogP contribution < -0.4 is 10.5 Å². The molecule has 3 aromatic rings. The Morgan fingerprint density at radius 2 is 1.70 bits per heavy atom.